The van der Waals surface area contributed by atoms with Crippen molar-refractivity contribution in [1.82, 2.24) is 5.32 Å². The van der Waals surface area contributed by atoms with Crippen molar-refractivity contribution in [2.24, 2.45) is 0 Å². The summed E-state index contributed by atoms with van der Waals surface area (Å²) in [4.78, 5) is 0. The first-order valence-electron chi connectivity index (χ1n) is 6.99. The molecule has 2 rings (SSSR count). The second-order valence-corrected chi connectivity index (χ2v) is 4.82. The molecule has 0 spiro atoms. The van der Waals surface area contributed by atoms with Crippen molar-refractivity contribution in [2.45, 2.75) is 32.0 Å². The molecule has 1 aliphatic rings. The molecule has 0 amide bonds. The largest absolute Gasteiger partial charge is 0.376 e. The number of hydrogen-bond acceptors (Lipinski definition) is 3. The van der Waals surface area contributed by atoms with Crippen LogP contribution >= 0.6 is 0 Å². The highest BCUT2D eigenvalue weighted by Crippen LogP contribution is 2.20. The average Bonchev–Trinajstić information content (AvgIpc) is 2.92. The Morgan fingerprint density at radius 2 is 2.42 bits per heavy atom. The molecule has 1 aliphatic heterocycles. The van der Waals surface area contributed by atoms with Crippen LogP contribution in [0, 0.1) is 5.82 Å². The van der Waals surface area contributed by atoms with Crippen LogP contribution in [0.4, 0.5) is 4.39 Å². The SMILES string of the molecule is CCNCC(OCC1CCCO1)c1cccc(F)c1. The van der Waals surface area contributed by atoms with E-state index in [9.17, 15) is 4.39 Å². The molecule has 106 valence electrons. The van der Waals surface area contributed by atoms with Gasteiger partial charge in [-0.2, -0.15) is 0 Å². The Kier molecular flexibility index (Phi) is 5.76. The number of hydrogen-bond donors (Lipinski definition) is 1. The van der Waals surface area contributed by atoms with Crippen molar-refractivity contribution in [1.29, 1.82) is 0 Å². The molecule has 0 aromatic heterocycles. The van der Waals surface area contributed by atoms with Gasteiger partial charge in [0, 0.05) is 13.2 Å². The van der Waals surface area contributed by atoms with E-state index >= 15 is 0 Å². The van der Waals surface area contributed by atoms with E-state index in [0.717, 1.165) is 31.6 Å². The molecule has 1 saturated heterocycles. The van der Waals surface area contributed by atoms with Crippen LogP contribution in [0.25, 0.3) is 0 Å². The van der Waals surface area contributed by atoms with Crippen molar-refractivity contribution in [3.8, 4) is 0 Å². The van der Waals surface area contributed by atoms with Gasteiger partial charge in [0.25, 0.3) is 0 Å². The van der Waals surface area contributed by atoms with Gasteiger partial charge in [-0.3, -0.25) is 0 Å². The maximum absolute atomic E-state index is 13.3. The summed E-state index contributed by atoms with van der Waals surface area (Å²) in [6.07, 6.45) is 2.22. The molecule has 0 bridgehead atoms. The molecular formula is C15H22FNO2. The third-order valence-electron chi connectivity index (χ3n) is 3.31. The normalized spacial score (nSPS) is 20.6. The fourth-order valence-corrected chi connectivity index (χ4v) is 2.25. The Morgan fingerprint density at radius 3 is 3.11 bits per heavy atom. The average molecular weight is 267 g/mol. The van der Waals surface area contributed by atoms with Crippen molar-refractivity contribution in [2.75, 3.05) is 26.3 Å². The quantitative estimate of drug-likeness (QED) is 0.824. The first kappa shape index (κ1) is 14.4. The lowest BCUT2D eigenvalue weighted by molar-refractivity contribution is -0.0208. The van der Waals surface area contributed by atoms with E-state index in [-0.39, 0.29) is 18.0 Å². The lowest BCUT2D eigenvalue weighted by Crippen LogP contribution is -2.26. The summed E-state index contributed by atoms with van der Waals surface area (Å²) >= 11 is 0. The second-order valence-electron chi connectivity index (χ2n) is 4.82. The van der Waals surface area contributed by atoms with E-state index in [4.69, 9.17) is 9.47 Å². The minimum atomic E-state index is -0.222. The first-order chi connectivity index (χ1) is 9.29. The summed E-state index contributed by atoms with van der Waals surface area (Å²) in [5.74, 6) is -0.222. The van der Waals surface area contributed by atoms with E-state index in [2.05, 4.69) is 5.32 Å². The molecule has 19 heavy (non-hydrogen) atoms. The molecule has 0 saturated carbocycles. The third kappa shape index (κ3) is 4.56. The number of halogens is 1. The van der Waals surface area contributed by atoms with Crippen LogP contribution in [0.15, 0.2) is 24.3 Å². The Bertz CT molecular complexity index is 380. The van der Waals surface area contributed by atoms with Gasteiger partial charge >= 0.3 is 0 Å². The monoisotopic (exact) mass is 267 g/mol. The molecule has 2 unspecified atom stereocenters. The highest BCUT2D eigenvalue weighted by atomic mass is 19.1. The maximum atomic E-state index is 13.3. The molecule has 1 heterocycles. The van der Waals surface area contributed by atoms with Gasteiger partial charge < -0.3 is 14.8 Å². The number of rotatable bonds is 7. The van der Waals surface area contributed by atoms with Crippen LogP contribution in [0.2, 0.25) is 0 Å². The van der Waals surface area contributed by atoms with Crippen LogP contribution in [-0.4, -0.2) is 32.4 Å². The van der Waals surface area contributed by atoms with E-state index in [1.165, 1.54) is 12.1 Å². The molecular weight excluding hydrogens is 245 g/mol. The van der Waals surface area contributed by atoms with Crippen molar-refractivity contribution in [3.05, 3.63) is 35.6 Å². The van der Waals surface area contributed by atoms with Gasteiger partial charge in [0.1, 0.15) is 5.82 Å². The number of nitrogens with one attached hydrogen (secondary N) is 1. The van der Waals surface area contributed by atoms with Gasteiger partial charge in [-0.05, 0) is 37.1 Å². The summed E-state index contributed by atoms with van der Waals surface area (Å²) in [5, 5.41) is 3.25. The Morgan fingerprint density at radius 1 is 1.53 bits per heavy atom. The number of benzene rings is 1. The van der Waals surface area contributed by atoms with Gasteiger partial charge in [0.2, 0.25) is 0 Å². The summed E-state index contributed by atoms with van der Waals surface area (Å²) in [6.45, 7) is 5.00. The lowest BCUT2D eigenvalue weighted by atomic mass is 10.1. The van der Waals surface area contributed by atoms with Crippen molar-refractivity contribution < 1.29 is 13.9 Å². The van der Waals surface area contributed by atoms with Gasteiger partial charge in [0.15, 0.2) is 0 Å². The highest BCUT2D eigenvalue weighted by Gasteiger charge is 2.19. The molecule has 3 nitrogen and oxygen atoms in total. The molecule has 0 radical (unpaired) electrons. The standard InChI is InChI=1S/C15H22FNO2/c1-2-17-10-15(12-5-3-6-13(16)9-12)19-11-14-7-4-8-18-14/h3,5-6,9,14-15,17H,2,4,7-8,10-11H2,1H3. The molecule has 1 aromatic carbocycles. The maximum Gasteiger partial charge on any atom is 0.123 e. The summed E-state index contributed by atoms with van der Waals surface area (Å²) in [6, 6.07) is 6.62. The summed E-state index contributed by atoms with van der Waals surface area (Å²) in [5.41, 5.74) is 0.874. The number of likely N-dealkylation sites (N-methyl/N-ethyl adjacent to an activating group) is 1. The Labute approximate surface area is 114 Å². The molecule has 2 atom stereocenters. The fourth-order valence-electron chi connectivity index (χ4n) is 2.25. The number of ether oxygens (including phenoxy) is 2. The van der Waals surface area contributed by atoms with Crippen LogP contribution in [0.3, 0.4) is 0 Å². The topological polar surface area (TPSA) is 30.5 Å². The summed E-state index contributed by atoms with van der Waals surface area (Å²) in [7, 11) is 0. The van der Waals surface area contributed by atoms with Gasteiger partial charge in [-0.15, -0.1) is 0 Å². The third-order valence-corrected chi connectivity index (χ3v) is 3.31. The van der Waals surface area contributed by atoms with Crippen LogP contribution in [0.1, 0.15) is 31.4 Å². The predicted octanol–water partition coefficient (Wildman–Crippen LogP) is 2.67. The van der Waals surface area contributed by atoms with E-state index in [0.29, 0.717) is 13.2 Å². The molecule has 0 aliphatic carbocycles. The van der Waals surface area contributed by atoms with Crippen molar-refractivity contribution in [3.63, 3.8) is 0 Å². The zero-order chi connectivity index (χ0) is 13.5. The highest BCUT2D eigenvalue weighted by molar-refractivity contribution is 5.19. The van der Waals surface area contributed by atoms with E-state index in [1.807, 2.05) is 13.0 Å². The minimum Gasteiger partial charge on any atom is -0.376 e. The summed E-state index contributed by atoms with van der Waals surface area (Å²) < 4.78 is 24.8. The predicted molar refractivity (Wildman–Crippen MR) is 72.6 cm³/mol. The first-order valence-corrected chi connectivity index (χ1v) is 6.99. The lowest BCUT2D eigenvalue weighted by Gasteiger charge is -2.21. The second kappa shape index (κ2) is 7.58. The Hall–Kier alpha value is -0.970. The van der Waals surface area contributed by atoms with Gasteiger partial charge in [-0.25, -0.2) is 4.39 Å². The zero-order valence-corrected chi connectivity index (χ0v) is 11.4. The zero-order valence-electron chi connectivity index (χ0n) is 11.4. The van der Waals surface area contributed by atoms with E-state index in [1.54, 1.807) is 6.07 Å². The van der Waals surface area contributed by atoms with Crippen molar-refractivity contribution >= 4 is 0 Å². The van der Waals surface area contributed by atoms with Gasteiger partial charge in [0.05, 0.1) is 18.8 Å². The van der Waals surface area contributed by atoms with E-state index < -0.39 is 0 Å². The molecule has 1 N–H and O–H groups in total. The fraction of sp³-hybridized carbons (Fsp3) is 0.600. The van der Waals surface area contributed by atoms with Gasteiger partial charge in [-0.1, -0.05) is 19.1 Å². The molecule has 1 fully saturated rings. The smallest absolute Gasteiger partial charge is 0.123 e. The minimum absolute atomic E-state index is 0.125. The molecule has 4 heteroatoms. The van der Waals surface area contributed by atoms with Crippen LogP contribution in [0.5, 0.6) is 0 Å². The Balaban J connectivity index is 1.94. The van der Waals surface area contributed by atoms with Crippen LogP contribution in [-0.2, 0) is 9.47 Å². The molecule has 1 aromatic rings. The van der Waals surface area contributed by atoms with Crippen LogP contribution < -0.4 is 5.32 Å².